The van der Waals surface area contributed by atoms with Crippen molar-refractivity contribution in [3.8, 4) is 0 Å². The van der Waals surface area contributed by atoms with Gasteiger partial charge in [-0.05, 0) is 32.6 Å². The van der Waals surface area contributed by atoms with E-state index in [1.807, 2.05) is 12.2 Å². The molecule has 2 heterocycles. The van der Waals surface area contributed by atoms with Crippen LogP contribution in [0.25, 0.3) is 0 Å². The van der Waals surface area contributed by atoms with Crippen molar-refractivity contribution in [2.75, 3.05) is 5.88 Å². The van der Waals surface area contributed by atoms with Crippen molar-refractivity contribution >= 4 is 23.5 Å². The van der Waals surface area contributed by atoms with Gasteiger partial charge < -0.3 is 15.2 Å². The minimum atomic E-state index is -1.33. The molecule has 1 amide bonds. The zero-order chi connectivity index (χ0) is 15.3. The third-order valence-electron chi connectivity index (χ3n) is 5.25. The fraction of sp³-hybridized carbons (Fsp3) is 0.733. The van der Waals surface area contributed by atoms with Crippen LogP contribution in [0.1, 0.15) is 32.6 Å². The van der Waals surface area contributed by atoms with Crippen LogP contribution in [0.15, 0.2) is 12.2 Å². The second kappa shape index (κ2) is 4.99. The maximum Gasteiger partial charge on any atom is 0.339 e. The lowest BCUT2D eigenvalue weighted by Gasteiger charge is -2.54. The normalized spacial score (nSPS) is 42.8. The van der Waals surface area contributed by atoms with Crippen LogP contribution < -0.4 is 5.32 Å². The van der Waals surface area contributed by atoms with E-state index in [4.69, 9.17) is 16.3 Å². The molecule has 0 spiro atoms. The predicted molar refractivity (Wildman–Crippen MR) is 76.7 cm³/mol. The highest BCUT2D eigenvalue weighted by Gasteiger charge is 2.79. The molecular formula is C15H20ClNO4. The Morgan fingerprint density at radius 2 is 2.33 bits per heavy atom. The topological polar surface area (TPSA) is 75.6 Å². The highest BCUT2D eigenvalue weighted by Crippen LogP contribution is 2.53. The monoisotopic (exact) mass is 313 g/mol. The number of alkyl halides is 1. The summed E-state index contributed by atoms with van der Waals surface area (Å²) in [5, 5.41) is 13.5. The minimum absolute atomic E-state index is 0.138. The van der Waals surface area contributed by atoms with Gasteiger partial charge in [-0.1, -0.05) is 12.2 Å². The summed E-state index contributed by atoms with van der Waals surface area (Å²) >= 11 is 5.76. The molecule has 5 atom stereocenters. The number of hydrogen-bond acceptors (Lipinski definition) is 4. The molecule has 2 N–H and O–H groups in total. The molecule has 3 aliphatic rings. The number of carbonyl (C=O) groups excluding carboxylic acids is 2. The number of aliphatic hydroxyl groups is 1. The number of ether oxygens (including phenoxy) is 1. The summed E-state index contributed by atoms with van der Waals surface area (Å²) in [6.07, 6.45) is 6.17. The van der Waals surface area contributed by atoms with Gasteiger partial charge in [-0.2, -0.15) is 0 Å². The average molecular weight is 314 g/mol. The summed E-state index contributed by atoms with van der Waals surface area (Å²) in [6.45, 7) is 1.72. The van der Waals surface area contributed by atoms with Gasteiger partial charge in [0.25, 0.3) is 0 Å². The summed E-state index contributed by atoms with van der Waals surface area (Å²) in [4.78, 5) is 24.4. The molecule has 6 heteroatoms. The second-order valence-electron chi connectivity index (χ2n) is 6.29. The molecule has 1 aliphatic carbocycles. The van der Waals surface area contributed by atoms with Crippen LogP contribution in [0.3, 0.4) is 0 Å². The van der Waals surface area contributed by atoms with E-state index in [2.05, 4.69) is 5.32 Å². The number of fused-ring (bicyclic) bond motifs is 1. The van der Waals surface area contributed by atoms with E-state index in [1.54, 1.807) is 6.92 Å². The molecule has 0 aromatic rings. The number of carbonyl (C=O) groups is 2. The third kappa shape index (κ3) is 1.80. The Morgan fingerprint density at radius 1 is 1.57 bits per heavy atom. The van der Waals surface area contributed by atoms with Crippen LogP contribution >= 0.6 is 11.6 Å². The molecule has 116 valence electrons. The van der Waals surface area contributed by atoms with E-state index in [1.165, 1.54) is 0 Å². The van der Waals surface area contributed by atoms with Gasteiger partial charge in [-0.25, -0.2) is 4.79 Å². The molecular weight excluding hydrogens is 294 g/mol. The smallest absolute Gasteiger partial charge is 0.339 e. The van der Waals surface area contributed by atoms with Crippen molar-refractivity contribution in [3.63, 3.8) is 0 Å². The SMILES string of the molecule is CC12OC(=O)C1(C(O)[C@@H]1C=CCCC1)NC(=O)C2CCCl. The molecule has 0 aromatic carbocycles. The van der Waals surface area contributed by atoms with Gasteiger partial charge in [-0.15, -0.1) is 11.6 Å². The zero-order valence-corrected chi connectivity index (χ0v) is 12.7. The minimum Gasteiger partial charge on any atom is -0.453 e. The third-order valence-corrected chi connectivity index (χ3v) is 5.47. The molecule has 2 fully saturated rings. The maximum absolute atomic E-state index is 12.2. The van der Waals surface area contributed by atoms with Gasteiger partial charge >= 0.3 is 5.97 Å². The quantitative estimate of drug-likeness (QED) is 0.463. The van der Waals surface area contributed by atoms with Crippen LogP contribution in [0.4, 0.5) is 0 Å². The van der Waals surface area contributed by atoms with Crippen molar-refractivity contribution < 1.29 is 19.4 Å². The first-order valence-corrected chi connectivity index (χ1v) is 7.97. The van der Waals surface area contributed by atoms with Gasteiger partial charge in [0.05, 0.1) is 12.0 Å². The van der Waals surface area contributed by atoms with E-state index in [9.17, 15) is 14.7 Å². The first-order valence-electron chi connectivity index (χ1n) is 7.43. The van der Waals surface area contributed by atoms with Gasteiger partial charge in [0.1, 0.15) is 0 Å². The lowest BCUT2D eigenvalue weighted by molar-refractivity contribution is -0.238. The van der Waals surface area contributed by atoms with Crippen molar-refractivity contribution in [3.05, 3.63) is 12.2 Å². The Hall–Kier alpha value is -1.07. The average Bonchev–Trinajstić information content (AvgIpc) is 2.65. The molecule has 0 bridgehead atoms. The molecule has 2 saturated heterocycles. The summed E-state index contributed by atoms with van der Waals surface area (Å²) in [7, 11) is 0. The van der Waals surface area contributed by atoms with E-state index in [0.29, 0.717) is 12.3 Å². The van der Waals surface area contributed by atoms with Gasteiger partial charge in [0.2, 0.25) is 11.4 Å². The predicted octanol–water partition coefficient (Wildman–Crippen LogP) is 1.13. The molecule has 4 unspecified atom stereocenters. The molecule has 2 aliphatic heterocycles. The van der Waals surface area contributed by atoms with Crippen LogP contribution in [-0.4, -0.2) is 40.1 Å². The lowest BCUT2D eigenvalue weighted by atomic mass is 9.64. The molecule has 3 rings (SSSR count). The largest absolute Gasteiger partial charge is 0.453 e. The van der Waals surface area contributed by atoms with Crippen molar-refractivity contribution in [1.29, 1.82) is 0 Å². The maximum atomic E-state index is 12.2. The fourth-order valence-corrected chi connectivity index (χ4v) is 4.21. The molecule has 0 radical (unpaired) electrons. The number of aliphatic hydroxyl groups excluding tert-OH is 1. The summed E-state index contributed by atoms with van der Waals surface area (Å²) in [5.74, 6) is -1.14. The number of hydrogen-bond donors (Lipinski definition) is 2. The van der Waals surface area contributed by atoms with Gasteiger partial charge in [-0.3, -0.25) is 4.79 Å². The van der Waals surface area contributed by atoms with Gasteiger partial charge in [0.15, 0.2) is 5.60 Å². The Labute approximate surface area is 128 Å². The van der Waals surface area contributed by atoms with Crippen LogP contribution in [0.2, 0.25) is 0 Å². The standard InChI is InChI=1S/C15H20ClNO4/c1-14-10(7-8-16)12(19)17-15(14,13(20)21-14)11(18)9-5-3-2-4-6-9/h3,5,9-11,18H,2,4,6-8H2,1H3,(H,17,19)/t9-,10?,11?,14?,15?/m1/s1. The first kappa shape index (κ1) is 14.9. The summed E-state index contributed by atoms with van der Waals surface area (Å²) in [6, 6.07) is 0. The van der Waals surface area contributed by atoms with Crippen molar-refractivity contribution in [2.45, 2.75) is 49.9 Å². The zero-order valence-electron chi connectivity index (χ0n) is 12.0. The summed E-state index contributed by atoms with van der Waals surface area (Å²) in [5.41, 5.74) is -2.34. The van der Waals surface area contributed by atoms with Crippen molar-refractivity contribution in [1.82, 2.24) is 5.32 Å². The fourth-order valence-electron chi connectivity index (χ4n) is 3.99. The number of halogens is 1. The number of esters is 1. The van der Waals surface area contributed by atoms with Gasteiger partial charge in [0, 0.05) is 11.8 Å². The lowest BCUT2D eigenvalue weighted by Crippen LogP contribution is -2.80. The number of amides is 1. The molecule has 5 nitrogen and oxygen atoms in total. The first-order chi connectivity index (χ1) is 9.97. The van der Waals surface area contributed by atoms with Crippen LogP contribution in [0.5, 0.6) is 0 Å². The number of nitrogens with one attached hydrogen (secondary N) is 1. The second-order valence-corrected chi connectivity index (χ2v) is 6.67. The Bertz CT molecular complexity index is 508. The molecule has 0 saturated carbocycles. The Kier molecular flexibility index (Phi) is 3.53. The number of allylic oxidation sites excluding steroid dienone is 1. The summed E-state index contributed by atoms with van der Waals surface area (Å²) < 4.78 is 5.34. The Morgan fingerprint density at radius 3 is 2.90 bits per heavy atom. The molecule has 21 heavy (non-hydrogen) atoms. The Balaban J connectivity index is 1.94. The van der Waals surface area contributed by atoms with Crippen LogP contribution in [0, 0.1) is 11.8 Å². The van der Waals surface area contributed by atoms with E-state index in [-0.39, 0.29) is 11.8 Å². The number of rotatable bonds is 4. The van der Waals surface area contributed by atoms with E-state index in [0.717, 1.165) is 19.3 Å². The highest BCUT2D eigenvalue weighted by molar-refractivity contribution is 6.18. The van der Waals surface area contributed by atoms with E-state index >= 15 is 0 Å². The highest BCUT2D eigenvalue weighted by atomic mass is 35.5. The van der Waals surface area contributed by atoms with Crippen molar-refractivity contribution in [2.24, 2.45) is 11.8 Å². The molecule has 0 aromatic heterocycles. The van der Waals surface area contributed by atoms with Crippen LogP contribution in [-0.2, 0) is 14.3 Å². The van der Waals surface area contributed by atoms with E-state index < -0.39 is 29.1 Å².